The SMILES string of the molecule is Cc1cc(F)ccc1-n1cc2c(n1)CC(C(=O)NO)(c1cccc(F)c1C)C2. The normalized spacial score (nSPS) is 18.2. The fraction of sp³-hybridized carbons (Fsp3) is 0.238. The number of amides is 1. The summed E-state index contributed by atoms with van der Waals surface area (Å²) in [6, 6.07) is 9.06. The van der Waals surface area contributed by atoms with Crippen LogP contribution in [-0.2, 0) is 23.1 Å². The van der Waals surface area contributed by atoms with Gasteiger partial charge in [-0.05, 0) is 66.8 Å². The maximum Gasteiger partial charge on any atom is 0.254 e. The minimum absolute atomic E-state index is 0.228. The van der Waals surface area contributed by atoms with Crippen molar-refractivity contribution in [3.05, 3.63) is 82.2 Å². The van der Waals surface area contributed by atoms with Gasteiger partial charge in [0.1, 0.15) is 11.6 Å². The van der Waals surface area contributed by atoms with E-state index in [9.17, 15) is 18.8 Å². The number of hydroxylamine groups is 1. The largest absolute Gasteiger partial charge is 0.289 e. The average Bonchev–Trinajstić information content (AvgIpc) is 3.20. The van der Waals surface area contributed by atoms with Gasteiger partial charge >= 0.3 is 0 Å². The molecule has 0 aliphatic heterocycles. The van der Waals surface area contributed by atoms with E-state index in [-0.39, 0.29) is 18.7 Å². The summed E-state index contributed by atoms with van der Waals surface area (Å²) in [5.74, 6) is -1.32. The minimum atomic E-state index is -1.13. The zero-order valence-electron chi connectivity index (χ0n) is 15.5. The quantitative estimate of drug-likeness (QED) is 0.539. The van der Waals surface area contributed by atoms with Gasteiger partial charge in [-0.25, -0.2) is 18.9 Å². The standard InChI is InChI=1S/C21H19F2N3O2/c1-12-8-15(22)6-7-19(12)26-11-14-9-21(20(27)25-28,10-18(14)24-26)16-4-3-5-17(23)13(16)2/h3-8,11,28H,9-10H2,1-2H3,(H,25,27). The molecule has 1 heterocycles. The van der Waals surface area contributed by atoms with Crippen LogP contribution in [0.4, 0.5) is 8.78 Å². The van der Waals surface area contributed by atoms with Gasteiger partial charge in [-0.3, -0.25) is 10.0 Å². The van der Waals surface area contributed by atoms with Crippen LogP contribution >= 0.6 is 0 Å². The number of aryl methyl sites for hydroxylation is 1. The lowest BCUT2D eigenvalue weighted by molar-refractivity contribution is -0.135. The van der Waals surface area contributed by atoms with E-state index in [4.69, 9.17) is 0 Å². The monoisotopic (exact) mass is 383 g/mol. The van der Waals surface area contributed by atoms with Gasteiger partial charge in [0.05, 0.1) is 16.8 Å². The summed E-state index contributed by atoms with van der Waals surface area (Å²) >= 11 is 0. The number of rotatable bonds is 3. The molecule has 0 saturated carbocycles. The van der Waals surface area contributed by atoms with E-state index >= 15 is 0 Å². The van der Waals surface area contributed by atoms with Crippen LogP contribution in [0.3, 0.4) is 0 Å². The number of halogens is 2. The summed E-state index contributed by atoms with van der Waals surface area (Å²) in [6.45, 7) is 3.42. The zero-order chi connectivity index (χ0) is 20.1. The minimum Gasteiger partial charge on any atom is -0.289 e. The molecule has 1 amide bonds. The van der Waals surface area contributed by atoms with Gasteiger partial charge in [0.15, 0.2) is 0 Å². The number of aromatic nitrogens is 2. The van der Waals surface area contributed by atoms with Crippen molar-refractivity contribution in [2.45, 2.75) is 32.1 Å². The first-order valence-corrected chi connectivity index (χ1v) is 8.90. The van der Waals surface area contributed by atoms with Gasteiger partial charge in [-0.15, -0.1) is 0 Å². The van der Waals surface area contributed by atoms with Crippen molar-refractivity contribution in [2.24, 2.45) is 0 Å². The van der Waals surface area contributed by atoms with Crippen LogP contribution in [-0.4, -0.2) is 20.9 Å². The highest BCUT2D eigenvalue weighted by atomic mass is 19.1. The van der Waals surface area contributed by atoms with E-state index in [2.05, 4.69) is 5.10 Å². The van der Waals surface area contributed by atoms with Crippen LogP contribution in [0.1, 0.15) is 27.9 Å². The molecule has 0 bridgehead atoms. The summed E-state index contributed by atoms with van der Waals surface area (Å²) in [5, 5.41) is 13.9. The molecular weight excluding hydrogens is 364 g/mol. The molecule has 28 heavy (non-hydrogen) atoms. The molecule has 0 radical (unpaired) electrons. The molecule has 1 unspecified atom stereocenters. The van der Waals surface area contributed by atoms with Crippen LogP contribution in [0, 0.1) is 25.5 Å². The van der Waals surface area contributed by atoms with Crippen molar-refractivity contribution in [3.63, 3.8) is 0 Å². The first-order valence-electron chi connectivity index (χ1n) is 8.90. The van der Waals surface area contributed by atoms with Crippen molar-refractivity contribution < 1.29 is 18.8 Å². The van der Waals surface area contributed by atoms with Gasteiger partial charge in [0.2, 0.25) is 0 Å². The van der Waals surface area contributed by atoms with Crippen molar-refractivity contribution in [3.8, 4) is 5.69 Å². The molecule has 0 fully saturated rings. The molecule has 1 atom stereocenters. The number of carbonyl (C=O) groups is 1. The number of hydrogen-bond donors (Lipinski definition) is 2. The number of fused-ring (bicyclic) bond motifs is 1. The predicted molar refractivity (Wildman–Crippen MR) is 98.4 cm³/mol. The Balaban J connectivity index is 1.77. The van der Waals surface area contributed by atoms with Crippen LogP contribution < -0.4 is 5.48 Å². The second kappa shape index (κ2) is 6.53. The van der Waals surface area contributed by atoms with Gasteiger partial charge in [0, 0.05) is 12.6 Å². The summed E-state index contributed by atoms with van der Waals surface area (Å²) in [7, 11) is 0. The molecule has 2 aromatic carbocycles. The van der Waals surface area contributed by atoms with Crippen LogP contribution in [0.2, 0.25) is 0 Å². The molecule has 144 valence electrons. The lowest BCUT2D eigenvalue weighted by Gasteiger charge is -2.28. The Morgan fingerprint density at radius 1 is 1.21 bits per heavy atom. The zero-order valence-corrected chi connectivity index (χ0v) is 15.5. The Hall–Kier alpha value is -3.06. The van der Waals surface area contributed by atoms with Crippen LogP contribution in [0.25, 0.3) is 5.69 Å². The molecule has 4 rings (SSSR count). The van der Waals surface area contributed by atoms with E-state index in [1.165, 1.54) is 18.2 Å². The number of nitrogens with one attached hydrogen (secondary N) is 1. The van der Waals surface area contributed by atoms with Gasteiger partial charge in [-0.1, -0.05) is 12.1 Å². The molecule has 7 heteroatoms. The lowest BCUT2D eigenvalue weighted by Crippen LogP contribution is -2.45. The molecule has 0 saturated heterocycles. The number of carbonyl (C=O) groups excluding carboxylic acids is 1. The topological polar surface area (TPSA) is 67.2 Å². The highest BCUT2D eigenvalue weighted by molar-refractivity contribution is 5.89. The molecule has 5 nitrogen and oxygen atoms in total. The summed E-state index contributed by atoms with van der Waals surface area (Å²) < 4.78 is 29.2. The summed E-state index contributed by atoms with van der Waals surface area (Å²) in [6.07, 6.45) is 2.31. The first-order chi connectivity index (χ1) is 13.4. The Kier molecular flexibility index (Phi) is 4.27. The maximum atomic E-state index is 14.1. The van der Waals surface area contributed by atoms with E-state index in [1.807, 2.05) is 0 Å². The molecule has 0 spiro atoms. The average molecular weight is 383 g/mol. The Bertz CT molecular complexity index is 1070. The number of hydrogen-bond acceptors (Lipinski definition) is 3. The number of benzene rings is 2. The van der Waals surface area contributed by atoms with E-state index in [1.54, 1.807) is 48.4 Å². The molecule has 1 aliphatic carbocycles. The summed E-state index contributed by atoms with van der Waals surface area (Å²) in [4.78, 5) is 12.7. The highest BCUT2D eigenvalue weighted by Crippen LogP contribution is 2.41. The second-order valence-corrected chi connectivity index (χ2v) is 7.27. The molecule has 1 aromatic heterocycles. The third kappa shape index (κ3) is 2.70. The number of nitrogens with zero attached hydrogens (tertiary/aromatic N) is 2. The van der Waals surface area contributed by atoms with Gasteiger partial charge in [-0.2, -0.15) is 5.10 Å². The lowest BCUT2D eigenvalue weighted by atomic mass is 9.75. The third-order valence-corrected chi connectivity index (χ3v) is 5.56. The van der Waals surface area contributed by atoms with E-state index in [0.29, 0.717) is 16.8 Å². The highest BCUT2D eigenvalue weighted by Gasteiger charge is 2.48. The van der Waals surface area contributed by atoms with E-state index < -0.39 is 17.1 Å². The van der Waals surface area contributed by atoms with Crippen LogP contribution in [0.5, 0.6) is 0 Å². The Morgan fingerprint density at radius 3 is 2.68 bits per heavy atom. The molecule has 3 aromatic rings. The van der Waals surface area contributed by atoms with Gasteiger partial charge < -0.3 is 0 Å². The smallest absolute Gasteiger partial charge is 0.254 e. The third-order valence-electron chi connectivity index (χ3n) is 5.56. The van der Waals surface area contributed by atoms with E-state index in [0.717, 1.165) is 16.8 Å². The van der Waals surface area contributed by atoms with Gasteiger partial charge in [0.25, 0.3) is 5.91 Å². The van der Waals surface area contributed by atoms with Crippen molar-refractivity contribution in [1.29, 1.82) is 0 Å². The van der Waals surface area contributed by atoms with Crippen molar-refractivity contribution >= 4 is 5.91 Å². The van der Waals surface area contributed by atoms with Crippen molar-refractivity contribution in [1.82, 2.24) is 15.3 Å². The first kappa shape index (κ1) is 18.3. The molecule has 2 N–H and O–H groups in total. The van der Waals surface area contributed by atoms with Crippen LogP contribution in [0.15, 0.2) is 42.6 Å². The molecular formula is C21H19F2N3O2. The maximum absolute atomic E-state index is 14.1. The Labute approximate surface area is 160 Å². The fourth-order valence-electron chi connectivity index (χ4n) is 4.12. The van der Waals surface area contributed by atoms with Crippen molar-refractivity contribution in [2.75, 3.05) is 0 Å². The summed E-state index contributed by atoms with van der Waals surface area (Å²) in [5.41, 5.74) is 4.52. The second-order valence-electron chi connectivity index (χ2n) is 7.27. The fourth-order valence-corrected chi connectivity index (χ4v) is 4.12. The predicted octanol–water partition coefficient (Wildman–Crippen LogP) is 3.31. The molecule has 1 aliphatic rings. The Morgan fingerprint density at radius 2 is 2.00 bits per heavy atom.